The van der Waals surface area contributed by atoms with Gasteiger partial charge in [0.1, 0.15) is 0 Å². The third kappa shape index (κ3) is 20.1. The van der Waals surface area contributed by atoms with Gasteiger partial charge < -0.3 is 0 Å². The summed E-state index contributed by atoms with van der Waals surface area (Å²) in [5.74, 6) is 0. The van der Waals surface area contributed by atoms with Crippen LogP contribution in [0, 0.1) is 0 Å². The van der Waals surface area contributed by atoms with E-state index in [1.807, 2.05) is 0 Å². The molecule has 0 aliphatic heterocycles. The van der Waals surface area contributed by atoms with Gasteiger partial charge in [0.15, 0.2) is 0 Å². The molecule has 0 nitrogen and oxygen atoms in total. The summed E-state index contributed by atoms with van der Waals surface area (Å²) in [5, 5.41) is 0. The van der Waals surface area contributed by atoms with E-state index in [9.17, 15) is 0 Å². The molecule has 0 fully saturated rings. The van der Waals surface area contributed by atoms with Gasteiger partial charge in [-0.05, 0) is 0 Å². The van der Waals surface area contributed by atoms with Crippen LogP contribution in [0.1, 0.15) is 0 Å². The van der Waals surface area contributed by atoms with E-state index in [0.29, 0.717) is 0 Å². The van der Waals surface area contributed by atoms with Crippen molar-refractivity contribution in [3.05, 3.63) is 0 Å². The monoisotopic (exact) mass is 319 g/mol. The molecular formula is CoCr2MoNi. The van der Waals surface area contributed by atoms with Crippen LogP contribution in [0.4, 0.5) is 0 Å². The minimum Gasteiger partial charge on any atom is 0 e. The van der Waals surface area contributed by atoms with Gasteiger partial charge in [0.25, 0.3) is 0 Å². The number of hydrogen-bond acceptors (Lipinski definition) is 0. The van der Waals surface area contributed by atoms with Crippen molar-refractivity contribution in [1.29, 1.82) is 0 Å². The zero-order chi connectivity index (χ0) is 0. The van der Waals surface area contributed by atoms with Gasteiger partial charge >= 0.3 is 0 Å². The summed E-state index contributed by atoms with van der Waals surface area (Å²) in [6, 6.07) is 0. The summed E-state index contributed by atoms with van der Waals surface area (Å²) in [6.07, 6.45) is 0. The molecule has 0 aromatic heterocycles. The average Bonchev–Trinajstić information content (AvgIpc) is 0. The second-order valence-electron chi connectivity index (χ2n) is 0. The predicted molar refractivity (Wildman–Crippen MR) is 0 cm³/mol. The Morgan fingerprint density at radius 1 is 0.800 bits per heavy atom. The Labute approximate surface area is 87.9 Å². The minimum absolute atomic E-state index is 0. The Bertz CT molecular complexity index is 9.61. The molecule has 5 heavy (non-hydrogen) atoms. The summed E-state index contributed by atoms with van der Waals surface area (Å²) < 4.78 is 0. The van der Waals surface area contributed by atoms with E-state index in [1.54, 1.807) is 0 Å². The molecule has 0 aliphatic rings. The Hall–Kier alpha value is 2.75. The normalized spacial score (nSPS) is 0. The Balaban J connectivity index is 0. The molecule has 0 amide bonds. The van der Waals surface area contributed by atoms with Crippen LogP contribution < -0.4 is 0 Å². The molecule has 0 rings (SSSR count). The summed E-state index contributed by atoms with van der Waals surface area (Å²) in [7, 11) is 0. The third-order valence-corrected chi connectivity index (χ3v) is 0. The first-order valence-corrected chi connectivity index (χ1v) is 0. The van der Waals surface area contributed by atoms with Crippen LogP contribution in [-0.2, 0) is 89.1 Å². The maximum atomic E-state index is 0. The van der Waals surface area contributed by atoms with Gasteiger partial charge in [-0.15, -0.1) is 0 Å². The fourth-order valence-corrected chi connectivity index (χ4v) is 0. The first-order valence-electron chi connectivity index (χ1n) is 0. The quantitative estimate of drug-likeness (QED) is 0.551. The molecule has 5 heteroatoms. The van der Waals surface area contributed by atoms with Crippen molar-refractivity contribution in [3.63, 3.8) is 0 Å². The first kappa shape index (κ1) is 46.6. The van der Waals surface area contributed by atoms with Crippen LogP contribution in [-0.4, -0.2) is 0 Å². The molecule has 37 valence electrons. The van der Waals surface area contributed by atoms with E-state index in [0.717, 1.165) is 0 Å². The standard InChI is InChI=1S/Co.2Cr.Mo.Ni. The van der Waals surface area contributed by atoms with Crippen molar-refractivity contribution < 1.29 is 89.1 Å². The largest absolute Gasteiger partial charge is 0 e. The molecule has 0 aromatic carbocycles. The molecule has 0 spiro atoms. The smallest absolute Gasteiger partial charge is 0 e. The van der Waals surface area contributed by atoms with Gasteiger partial charge in [0, 0.05) is 89.1 Å². The molecule has 1 radical (unpaired) electrons. The second-order valence-corrected chi connectivity index (χ2v) is 0. The predicted octanol–water partition coefficient (Wildman–Crippen LogP) is -0.0125. The summed E-state index contributed by atoms with van der Waals surface area (Å²) >= 11 is 0. The van der Waals surface area contributed by atoms with Gasteiger partial charge in [-0.1, -0.05) is 0 Å². The zero-order valence-electron chi connectivity index (χ0n) is 1.87. The molecule has 0 N–H and O–H groups in total. The first-order chi connectivity index (χ1) is 0. The number of hydrogen-bond donors (Lipinski definition) is 0. The van der Waals surface area contributed by atoms with Gasteiger partial charge in [-0.2, -0.15) is 0 Å². The van der Waals surface area contributed by atoms with Crippen LogP contribution in [0.3, 0.4) is 0 Å². The third-order valence-electron chi connectivity index (χ3n) is 0. The van der Waals surface area contributed by atoms with Crippen LogP contribution >= 0.6 is 0 Å². The number of rotatable bonds is 0. The van der Waals surface area contributed by atoms with Gasteiger partial charge in [0.05, 0.1) is 0 Å². The van der Waals surface area contributed by atoms with Crippen molar-refractivity contribution in [2.45, 2.75) is 0 Å². The molecule has 0 unspecified atom stereocenters. The van der Waals surface area contributed by atoms with Crippen LogP contribution in [0.2, 0.25) is 0 Å². The van der Waals surface area contributed by atoms with Crippen molar-refractivity contribution in [2.24, 2.45) is 0 Å². The zero-order valence-corrected chi connectivity index (χ0v) is 8.46. The van der Waals surface area contributed by atoms with E-state index in [4.69, 9.17) is 0 Å². The van der Waals surface area contributed by atoms with E-state index in [-0.39, 0.29) is 89.1 Å². The minimum atomic E-state index is 0. The summed E-state index contributed by atoms with van der Waals surface area (Å²) in [4.78, 5) is 0. The van der Waals surface area contributed by atoms with Crippen LogP contribution in [0.15, 0.2) is 0 Å². The Morgan fingerprint density at radius 2 is 0.800 bits per heavy atom. The van der Waals surface area contributed by atoms with E-state index in [1.165, 1.54) is 0 Å². The van der Waals surface area contributed by atoms with Crippen molar-refractivity contribution in [1.82, 2.24) is 0 Å². The molecule has 0 aromatic rings. The maximum Gasteiger partial charge on any atom is 0 e. The van der Waals surface area contributed by atoms with Crippen molar-refractivity contribution in [2.75, 3.05) is 0 Å². The fourth-order valence-electron chi connectivity index (χ4n) is 0. The maximum absolute atomic E-state index is 0. The molecule has 0 aliphatic carbocycles. The van der Waals surface area contributed by atoms with Gasteiger partial charge in [-0.3, -0.25) is 0 Å². The van der Waals surface area contributed by atoms with Crippen LogP contribution in [0.25, 0.3) is 0 Å². The molecule has 0 saturated heterocycles. The van der Waals surface area contributed by atoms with Gasteiger partial charge in [-0.25, -0.2) is 0 Å². The molecule has 0 heterocycles. The average molecular weight is 318 g/mol. The van der Waals surface area contributed by atoms with Crippen molar-refractivity contribution in [3.8, 4) is 0 Å². The fraction of sp³-hybridized carbons (Fsp3) is 0. The summed E-state index contributed by atoms with van der Waals surface area (Å²) in [6.45, 7) is 0. The molecule has 0 bridgehead atoms. The van der Waals surface area contributed by atoms with E-state index >= 15 is 0 Å². The molecule has 0 saturated carbocycles. The van der Waals surface area contributed by atoms with E-state index < -0.39 is 0 Å². The second kappa shape index (κ2) is 29.5. The topological polar surface area (TPSA) is 0 Å². The summed E-state index contributed by atoms with van der Waals surface area (Å²) in [5.41, 5.74) is 0. The SMILES string of the molecule is [Co].[Cr].[Cr].[Mo].[Ni]. The van der Waals surface area contributed by atoms with Crippen LogP contribution in [0.5, 0.6) is 0 Å². The van der Waals surface area contributed by atoms with Crippen molar-refractivity contribution >= 4 is 0 Å². The Morgan fingerprint density at radius 3 is 0.800 bits per heavy atom. The molecule has 0 atom stereocenters. The van der Waals surface area contributed by atoms with Gasteiger partial charge in [0.2, 0.25) is 0 Å². The Kier molecular flexibility index (Phi) is 275. The van der Waals surface area contributed by atoms with E-state index in [2.05, 4.69) is 0 Å². The molecular weight excluding hydrogens is 318 g/mol.